The first-order valence-electron chi connectivity index (χ1n) is 9.63. The highest BCUT2D eigenvalue weighted by molar-refractivity contribution is 9.10. The van der Waals surface area contributed by atoms with Crippen LogP contribution >= 0.6 is 15.9 Å². The van der Waals surface area contributed by atoms with E-state index in [9.17, 15) is 13.2 Å². The van der Waals surface area contributed by atoms with E-state index >= 15 is 0 Å². The molecule has 1 fully saturated rings. The summed E-state index contributed by atoms with van der Waals surface area (Å²) >= 11 is 3.54. The van der Waals surface area contributed by atoms with Crippen molar-refractivity contribution in [3.8, 4) is 0 Å². The predicted octanol–water partition coefficient (Wildman–Crippen LogP) is 3.70. The Hall–Kier alpha value is -2.16. The molecule has 0 saturated carbocycles. The van der Waals surface area contributed by atoms with Gasteiger partial charge in [0.15, 0.2) is 0 Å². The van der Waals surface area contributed by atoms with Crippen LogP contribution in [0.25, 0.3) is 6.08 Å². The molecule has 160 valence electrons. The van der Waals surface area contributed by atoms with Crippen LogP contribution in [-0.2, 0) is 25.0 Å². The van der Waals surface area contributed by atoms with Crippen molar-refractivity contribution in [2.45, 2.75) is 18.3 Å². The van der Waals surface area contributed by atoms with Crippen molar-refractivity contribution in [1.29, 1.82) is 0 Å². The van der Waals surface area contributed by atoms with Crippen molar-refractivity contribution in [3.05, 3.63) is 70.2 Å². The average molecular weight is 493 g/mol. The van der Waals surface area contributed by atoms with Crippen molar-refractivity contribution in [2.75, 3.05) is 30.7 Å². The lowest BCUT2D eigenvalue weighted by Gasteiger charge is -2.38. The van der Waals surface area contributed by atoms with Crippen LogP contribution in [0.5, 0.6) is 0 Å². The number of hydrogen-bond acceptors (Lipinski definition) is 4. The van der Waals surface area contributed by atoms with Crippen molar-refractivity contribution in [1.82, 2.24) is 5.32 Å². The Morgan fingerprint density at radius 2 is 1.87 bits per heavy atom. The number of nitrogens with one attached hydrogen (secondary N) is 2. The summed E-state index contributed by atoms with van der Waals surface area (Å²) in [5, 5.41) is 3.04. The topological polar surface area (TPSA) is 84.5 Å². The maximum Gasteiger partial charge on any atom is 0.244 e. The van der Waals surface area contributed by atoms with Crippen LogP contribution in [0.4, 0.5) is 5.69 Å². The molecule has 0 spiro atoms. The van der Waals surface area contributed by atoms with Gasteiger partial charge in [0.05, 0.1) is 6.26 Å². The fraction of sp³-hybridized carbons (Fsp3) is 0.318. The first kappa shape index (κ1) is 22.5. The first-order chi connectivity index (χ1) is 14.3. The van der Waals surface area contributed by atoms with Crippen LogP contribution in [0, 0.1) is 0 Å². The normalized spacial score (nSPS) is 16.3. The van der Waals surface area contributed by atoms with Crippen LogP contribution < -0.4 is 10.0 Å². The third-order valence-corrected chi connectivity index (χ3v) is 6.23. The summed E-state index contributed by atoms with van der Waals surface area (Å²) in [7, 11) is -3.31. The smallest absolute Gasteiger partial charge is 0.244 e. The molecule has 1 saturated heterocycles. The standard InChI is InChI=1S/C22H25BrN2O4S/c1-30(27,28)25-20-8-5-17(6-9-20)7-10-21(26)24-16-22(11-13-29-14-12-22)18-3-2-4-19(23)15-18/h2-10,15,25H,11-14,16H2,1H3,(H,24,26)/b10-7+. The Labute approximate surface area is 185 Å². The minimum atomic E-state index is -3.31. The second-order valence-electron chi connectivity index (χ2n) is 7.45. The molecule has 0 radical (unpaired) electrons. The van der Waals surface area contributed by atoms with E-state index in [2.05, 4.69) is 38.1 Å². The van der Waals surface area contributed by atoms with Crippen LogP contribution in [-0.4, -0.2) is 40.3 Å². The number of sulfonamides is 1. The number of benzene rings is 2. The summed E-state index contributed by atoms with van der Waals surface area (Å²) in [4.78, 5) is 12.4. The largest absolute Gasteiger partial charge is 0.381 e. The Balaban J connectivity index is 1.63. The summed E-state index contributed by atoms with van der Waals surface area (Å²) in [6.45, 7) is 1.88. The highest BCUT2D eigenvalue weighted by Gasteiger charge is 2.34. The summed E-state index contributed by atoms with van der Waals surface area (Å²) < 4.78 is 31.5. The average Bonchev–Trinajstić information content (AvgIpc) is 2.71. The highest BCUT2D eigenvalue weighted by atomic mass is 79.9. The molecular formula is C22H25BrN2O4S. The lowest BCUT2D eigenvalue weighted by atomic mass is 9.74. The van der Waals surface area contributed by atoms with Gasteiger partial charge in [-0.25, -0.2) is 8.42 Å². The van der Waals surface area contributed by atoms with Crippen molar-refractivity contribution < 1.29 is 17.9 Å². The molecule has 0 unspecified atom stereocenters. The quantitative estimate of drug-likeness (QED) is 0.577. The molecule has 1 amide bonds. The molecule has 1 aliphatic rings. The first-order valence-corrected chi connectivity index (χ1v) is 12.3. The molecule has 30 heavy (non-hydrogen) atoms. The van der Waals surface area contributed by atoms with Gasteiger partial charge >= 0.3 is 0 Å². The number of halogens is 1. The fourth-order valence-electron chi connectivity index (χ4n) is 3.51. The van der Waals surface area contributed by atoms with E-state index < -0.39 is 10.0 Å². The minimum absolute atomic E-state index is 0.148. The van der Waals surface area contributed by atoms with E-state index in [0.717, 1.165) is 29.1 Å². The van der Waals surface area contributed by atoms with Crippen molar-refractivity contribution in [2.24, 2.45) is 0 Å². The Morgan fingerprint density at radius 1 is 1.17 bits per heavy atom. The summed E-state index contributed by atoms with van der Waals surface area (Å²) in [6.07, 6.45) is 6.00. The van der Waals surface area contributed by atoms with E-state index in [1.54, 1.807) is 30.3 Å². The Kier molecular flexibility index (Phi) is 7.33. The zero-order valence-electron chi connectivity index (χ0n) is 16.7. The maximum atomic E-state index is 12.4. The third-order valence-electron chi connectivity index (χ3n) is 5.13. The number of anilines is 1. The number of rotatable bonds is 7. The highest BCUT2D eigenvalue weighted by Crippen LogP contribution is 2.35. The molecule has 2 aromatic carbocycles. The van der Waals surface area contributed by atoms with E-state index in [-0.39, 0.29) is 11.3 Å². The second kappa shape index (κ2) is 9.76. The van der Waals surface area contributed by atoms with Crippen LogP contribution in [0.15, 0.2) is 59.1 Å². The number of carbonyl (C=O) groups excluding carboxylic acids is 1. The van der Waals surface area contributed by atoms with Gasteiger partial charge < -0.3 is 10.1 Å². The van der Waals surface area contributed by atoms with Crippen molar-refractivity contribution >= 4 is 43.6 Å². The van der Waals surface area contributed by atoms with Gasteiger partial charge in [-0.2, -0.15) is 0 Å². The third kappa shape index (κ3) is 6.42. The van der Waals surface area contributed by atoms with Gasteiger partial charge in [0.25, 0.3) is 0 Å². The van der Waals surface area contributed by atoms with Gasteiger partial charge in [0, 0.05) is 41.4 Å². The number of ether oxygens (including phenoxy) is 1. The van der Waals surface area contributed by atoms with Crippen LogP contribution in [0.2, 0.25) is 0 Å². The molecule has 1 aliphatic heterocycles. The van der Waals surface area contributed by atoms with E-state index in [1.807, 2.05) is 12.1 Å². The monoisotopic (exact) mass is 492 g/mol. The summed E-state index contributed by atoms with van der Waals surface area (Å²) in [5.74, 6) is -0.172. The Bertz CT molecular complexity index is 1010. The van der Waals surface area contributed by atoms with Gasteiger partial charge in [-0.05, 0) is 54.3 Å². The molecule has 0 aromatic heterocycles. The van der Waals surface area contributed by atoms with Gasteiger partial charge in [0.1, 0.15) is 0 Å². The predicted molar refractivity (Wildman–Crippen MR) is 123 cm³/mol. The summed E-state index contributed by atoms with van der Waals surface area (Å²) in [6, 6.07) is 15.0. The van der Waals surface area contributed by atoms with Gasteiger partial charge in [-0.1, -0.05) is 40.2 Å². The molecule has 0 atom stereocenters. The van der Waals surface area contributed by atoms with Gasteiger partial charge in [-0.3, -0.25) is 9.52 Å². The van der Waals surface area contributed by atoms with Crippen LogP contribution in [0.3, 0.4) is 0 Å². The van der Waals surface area contributed by atoms with Crippen LogP contribution in [0.1, 0.15) is 24.0 Å². The number of hydrogen-bond donors (Lipinski definition) is 2. The summed E-state index contributed by atoms with van der Waals surface area (Å²) in [5.41, 5.74) is 2.33. The second-order valence-corrected chi connectivity index (χ2v) is 10.1. The zero-order chi connectivity index (χ0) is 21.6. The lowest BCUT2D eigenvalue weighted by molar-refractivity contribution is -0.116. The van der Waals surface area contributed by atoms with E-state index in [4.69, 9.17) is 4.74 Å². The minimum Gasteiger partial charge on any atom is -0.381 e. The Morgan fingerprint density at radius 3 is 2.50 bits per heavy atom. The number of amides is 1. The number of carbonyl (C=O) groups is 1. The molecule has 6 nitrogen and oxygen atoms in total. The molecule has 1 heterocycles. The van der Waals surface area contributed by atoms with E-state index in [0.29, 0.717) is 25.4 Å². The maximum absolute atomic E-state index is 12.4. The van der Waals surface area contributed by atoms with Gasteiger partial charge in [-0.15, -0.1) is 0 Å². The van der Waals surface area contributed by atoms with Gasteiger partial charge in [0.2, 0.25) is 15.9 Å². The molecule has 2 N–H and O–H groups in total. The fourth-order valence-corrected chi connectivity index (χ4v) is 4.47. The SMILES string of the molecule is CS(=O)(=O)Nc1ccc(/C=C/C(=O)NCC2(c3cccc(Br)c3)CCOCC2)cc1. The molecule has 0 aliphatic carbocycles. The lowest BCUT2D eigenvalue weighted by Crippen LogP contribution is -2.44. The zero-order valence-corrected chi connectivity index (χ0v) is 19.1. The molecular weight excluding hydrogens is 468 g/mol. The van der Waals surface area contributed by atoms with E-state index in [1.165, 1.54) is 11.6 Å². The molecule has 2 aromatic rings. The molecule has 8 heteroatoms. The molecule has 0 bridgehead atoms. The molecule has 3 rings (SSSR count). The van der Waals surface area contributed by atoms with Crippen molar-refractivity contribution in [3.63, 3.8) is 0 Å².